The molecule has 0 atom stereocenters. The van der Waals surface area contributed by atoms with Crippen molar-refractivity contribution in [2.45, 2.75) is 18.9 Å². The molecule has 1 aromatic carbocycles. The number of hydrogen-bond donors (Lipinski definition) is 2. The Morgan fingerprint density at radius 1 is 1.00 bits per heavy atom. The molecule has 0 unspecified atom stereocenters. The second kappa shape index (κ2) is 6.60. The lowest BCUT2D eigenvalue weighted by molar-refractivity contribution is -0.145. The number of halogens is 6. The van der Waals surface area contributed by atoms with Gasteiger partial charge in [-0.1, -0.05) is 12.6 Å². The summed E-state index contributed by atoms with van der Waals surface area (Å²) >= 11 is 0. The molecule has 142 valence electrons. The van der Waals surface area contributed by atoms with E-state index in [0.717, 1.165) is 18.5 Å². The number of aromatic nitrogens is 3. The molecule has 27 heavy (non-hydrogen) atoms. The largest absolute Gasteiger partial charge is 0.451 e. The molecule has 3 aromatic rings. The molecule has 10 heteroatoms. The molecular weight excluding hydrogens is 374 g/mol. The summed E-state index contributed by atoms with van der Waals surface area (Å²) < 4.78 is 75.6. The minimum absolute atomic E-state index is 0.211. The highest BCUT2D eigenvalue weighted by atomic mass is 19.4. The molecule has 3 rings (SSSR count). The van der Waals surface area contributed by atoms with Gasteiger partial charge >= 0.3 is 12.4 Å². The molecule has 0 aliphatic heterocycles. The Balaban J connectivity index is 1.69. The molecule has 0 saturated carbocycles. The van der Waals surface area contributed by atoms with E-state index in [1.165, 1.54) is 6.07 Å². The standard InChI is InChI=1S/C17H12F6N4/c1-9(12-7-25-15(26-8-12)17(21,22)23)24-6-10-2-3-13-11(4-10)5-14(27-13)16(18,19)20/h2-5,7-8,24,27H,1,6H2. The molecule has 0 aliphatic carbocycles. The highest BCUT2D eigenvalue weighted by molar-refractivity contribution is 5.81. The Labute approximate surface area is 148 Å². The van der Waals surface area contributed by atoms with E-state index in [1.807, 2.05) is 0 Å². The number of H-pyrrole nitrogens is 1. The number of hydrogen-bond acceptors (Lipinski definition) is 3. The van der Waals surface area contributed by atoms with Crippen LogP contribution in [-0.4, -0.2) is 15.0 Å². The third-order valence-electron chi connectivity index (χ3n) is 3.75. The maximum absolute atomic E-state index is 12.7. The highest BCUT2D eigenvalue weighted by Gasteiger charge is 2.34. The number of benzene rings is 1. The minimum atomic E-state index is -4.63. The van der Waals surface area contributed by atoms with Gasteiger partial charge in [-0.3, -0.25) is 0 Å². The van der Waals surface area contributed by atoms with Crippen LogP contribution in [0.25, 0.3) is 16.6 Å². The molecule has 2 aromatic heterocycles. The molecule has 2 heterocycles. The van der Waals surface area contributed by atoms with Crippen molar-refractivity contribution in [2.75, 3.05) is 0 Å². The smallest absolute Gasteiger partial charge is 0.381 e. The lowest BCUT2D eigenvalue weighted by Gasteiger charge is -2.10. The first kappa shape index (κ1) is 18.7. The van der Waals surface area contributed by atoms with Gasteiger partial charge in [0.15, 0.2) is 0 Å². The summed E-state index contributed by atoms with van der Waals surface area (Å²) in [6, 6.07) is 5.73. The van der Waals surface area contributed by atoms with Crippen molar-refractivity contribution in [3.05, 3.63) is 65.9 Å². The van der Waals surface area contributed by atoms with Gasteiger partial charge in [0.1, 0.15) is 5.69 Å². The Hall–Kier alpha value is -3.04. The highest BCUT2D eigenvalue weighted by Crippen LogP contribution is 2.31. The monoisotopic (exact) mass is 386 g/mol. The normalized spacial score (nSPS) is 12.4. The summed E-state index contributed by atoms with van der Waals surface area (Å²) in [5.74, 6) is -1.25. The topological polar surface area (TPSA) is 53.6 Å². The maximum Gasteiger partial charge on any atom is 0.451 e. The zero-order valence-corrected chi connectivity index (χ0v) is 13.5. The lowest BCUT2D eigenvalue weighted by Crippen LogP contribution is -2.14. The molecule has 0 fully saturated rings. The lowest BCUT2D eigenvalue weighted by atomic mass is 10.1. The fourth-order valence-corrected chi connectivity index (χ4v) is 2.39. The summed E-state index contributed by atoms with van der Waals surface area (Å²) in [6.07, 6.45) is -7.10. The predicted octanol–water partition coefficient (Wildman–Crippen LogP) is 4.76. The van der Waals surface area contributed by atoms with Crippen LogP contribution in [0.15, 0.2) is 43.2 Å². The molecule has 4 nitrogen and oxygen atoms in total. The van der Waals surface area contributed by atoms with Gasteiger partial charge in [0.25, 0.3) is 0 Å². The van der Waals surface area contributed by atoms with Crippen molar-refractivity contribution in [3.63, 3.8) is 0 Å². The van der Waals surface area contributed by atoms with E-state index >= 15 is 0 Å². The zero-order chi connectivity index (χ0) is 19.8. The average molecular weight is 386 g/mol. The van der Waals surface area contributed by atoms with Crippen LogP contribution in [0.5, 0.6) is 0 Å². The van der Waals surface area contributed by atoms with Crippen molar-refractivity contribution in [2.24, 2.45) is 0 Å². The van der Waals surface area contributed by atoms with Gasteiger partial charge in [-0.2, -0.15) is 26.3 Å². The fraction of sp³-hybridized carbons (Fsp3) is 0.176. The van der Waals surface area contributed by atoms with Crippen LogP contribution in [0, 0.1) is 0 Å². The van der Waals surface area contributed by atoms with Crippen LogP contribution in [-0.2, 0) is 18.9 Å². The van der Waals surface area contributed by atoms with Gasteiger partial charge in [0.05, 0.1) is 0 Å². The number of rotatable bonds is 4. The van der Waals surface area contributed by atoms with Crippen LogP contribution in [0.3, 0.4) is 0 Å². The second-order valence-corrected chi connectivity index (χ2v) is 5.73. The second-order valence-electron chi connectivity index (χ2n) is 5.73. The Morgan fingerprint density at radius 2 is 1.67 bits per heavy atom. The first-order valence-electron chi connectivity index (χ1n) is 7.55. The van der Waals surface area contributed by atoms with Crippen molar-refractivity contribution in [1.29, 1.82) is 0 Å². The van der Waals surface area contributed by atoms with Gasteiger partial charge in [-0.05, 0) is 23.8 Å². The Morgan fingerprint density at radius 3 is 2.26 bits per heavy atom. The van der Waals surface area contributed by atoms with Gasteiger partial charge in [-0.25, -0.2) is 9.97 Å². The summed E-state index contributed by atoms with van der Waals surface area (Å²) in [5.41, 5.74) is 0.734. The zero-order valence-electron chi connectivity index (χ0n) is 13.5. The fourth-order valence-electron chi connectivity index (χ4n) is 2.39. The summed E-state index contributed by atoms with van der Waals surface area (Å²) in [4.78, 5) is 8.79. The van der Waals surface area contributed by atoms with Gasteiger partial charge in [0.2, 0.25) is 5.82 Å². The van der Waals surface area contributed by atoms with E-state index in [1.54, 1.807) is 12.1 Å². The van der Waals surface area contributed by atoms with Crippen molar-refractivity contribution in [3.8, 4) is 0 Å². The van der Waals surface area contributed by atoms with Crippen LogP contribution in [0.2, 0.25) is 0 Å². The van der Waals surface area contributed by atoms with Crippen molar-refractivity contribution in [1.82, 2.24) is 20.3 Å². The SMILES string of the molecule is C=C(NCc1ccc2[nH]c(C(F)(F)F)cc2c1)c1cnc(C(F)(F)F)nc1. The molecule has 0 radical (unpaired) electrons. The van der Waals surface area contributed by atoms with E-state index < -0.39 is 23.9 Å². The van der Waals surface area contributed by atoms with Crippen LogP contribution >= 0.6 is 0 Å². The van der Waals surface area contributed by atoms with E-state index in [-0.39, 0.29) is 17.8 Å². The summed E-state index contributed by atoms with van der Waals surface area (Å²) in [5, 5.41) is 3.28. The predicted molar refractivity (Wildman–Crippen MR) is 86.2 cm³/mol. The number of aromatic amines is 1. The summed E-state index contributed by atoms with van der Waals surface area (Å²) in [6.45, 7) is 3.91. The molecule has 0 spiro atoms. The number of fused-ring (bicyclic) bond motifs is 1. The molecular formula is C17H12F6N4. The molecule has 2 N–H and O–H groups in total. The minimum Gasteiger partial charge on any atom is -0.381 e. The van der Waals surface area contributed by atoms with Crippen LogP contribution in [0.4, 0.5) is 26.3 Å². The van der Waals surface area contributed by atoms with E-state index in [2.05, 4.69) is 26.8 Å². The number of nitrogens with zero attached hydrogens (tertiary/aromatic N) is 2. The Kier molecular flexibility index (Phi) is 4.58. The van der Waals surface area contributed by atoms with Gasteiger partial charge < -0.3 is 10.3 Å². The first-order valence-corrected chi connectivity index (χ1v) is 7.55. The number of nitrogens with one attached hydrogen (secondary N) is 2. The third kappa shape index (κ3) is 4.21. The summed E-state index contributed by atoms with van der Waals surface area (Å²) in [7, 11) is 0. The van der Waals surface area contributed by atoms with Gasteiger partial charge in [-0.15, -0.1) is 0 Å². The average Bonchev–Trinajstić information content (AvgIpc) is 3.02. The van der Waals surface area contributed by atoms with E-state index in [0.29, 0.717) is 16.5 Å². The van der Waals surface area contributed by atoms with Crippen molar-refractivity contribution >= 4 is 16.6 Å². The van der Waals surface area contributed by atoms with Crippen molar-refractivity contribution < 1.29 is 26.3 Å². The third-order valence-corrected chi connectivity index (χ3v) is 3.75. The van der Waals surface area contributed by atoms with Gasteiger partial charge in [0, 0.05) is 41.1 Å². The number of alkyl halides is 6. The molecule has 0 bridgehead atoms. The van der Waals surface area contributed by atoms with Crippen LogP contribution < -0.4 is 5.32 Å². The van der Waals surface area contributed by atoms with E-state index in [4.69, 9.17) is 0 Å². The van der Waals surface area contributed by atoms with Crippen LogP contribution in [0.1, 0.15) is 22.6 Å². The first-order chi connectivity index (χ1) is 12.5. The Bertz CT molecular complexity index is 970. The molecule has 0 saturated heterocycles. The maximum atomic E-state index is 12.7. The quantitative estimate of drug-likeness (QED) is 0.636. The molecule has 0 aliphatic rings. The molecule has 0 amide bonds. The van der Waals surface area contributed by atoms with E-state index in [9.17, 15) is 26.3 Å².